The van der Waals surface area contributed by atoms with Crippen LogP contribution in [0.15, 0.2) is 0 Å². The highest BCUT2D eigenvalue weighted by Crippen LogP contribution is 2.39. The van der Waals surface area contributed by atoms with Crippen LogP contribution in [0.5, 0.6) is 0 Å². The normalized spacial score (nSPS) is 21.2. The lowest BCUT2D eigenvalue weighted by Crippen LogP contribution is -2.51. The molecule has 0 bridgehead atoms. The molecule has 1 aliphatic carbocycles. The summed E-state index contributed by atoms with van der Waals surface area (Å²) in [5.41, 5.74) is 5.45. The molecule has 2 atom stereocenters. The molecule has 2 unspecified atom stereocenters. The first-order valence-electron chi connectivity index (χ1n) is 5.22. The van der Waals surface area contributed by atoms with Crippen LogP contribution in [0.2, 0.25) is 0 Å². The largest absolute Gasteiger partial charge is 0.423 e. The molecule has 108 valence electrons. The van der Waals surface area contributed by atoms with Crippen molar-refractivity contribution in [1.29, 1.82) is 0 Å². The van der Waals surface area contributed by atoms with Gasteiger partial charge >= 0.3 is 12.4 Å². The van der Waals surface area contributed by atoms with Crippen LogP contribution in [0.1, 0.15) is 12.8 Å². The molecule has 0 aliphatic heterocycles. The Balaban J connectivity index is 2.74. The molecular weight excluding hydrogens is 268 g/mol. The molecule has 0 spiro atoms. The van der Waals surface area contributed by atoms with Crippen LogP contribution in [-0.4, -0.2) is 42.3 Å². The van der Waals surface area contributed by atoms with E-state index < -0.39 is 37.2 Å². The Bertz CT molecular complexity index is 261. The third-order valence-corrected chi connectivity index (χ3v) is 2.68. The van der Waals surface area contributed by atoms with Crippen molar-refractivity contribution >= 4 is 0 Å². The Kier molecular flexibility index (Phi) is 4.50. The van der Waals surface area contributed by atoms with Gasteiger partial charge in [0.2, 0.25) is 6.10 Å². The molecule has 0 heterocycles. The molecule has 18 heavy (non-hydrogen) atoms. The molecule has 9 heteroatoms. The van der Waals surface area contributed by atoms with Gasteiger partial charge in [-0.05, 0) is 18.8 Å². The van der Waals surface area contributed by atoms with Gasteiger partial charge in [0.1, 0.15) is 0 Å². The fourth-order valence-corrected chi connectivity index (χ4v) is 1.55. The fraction of sp³-hybridized carbons (Fsp3) is 1.00. The van der Waals surface area contributed by atoms with E-state index in [4.69, 9.17) is 10.8 Å². The maximum absolute atomic E-state index is 12.2. The lowest BCUT2D eigenvalue weighted by atomic mass is 10.1. The SMILES string of the molecule is NC(C1CC1)C(CO)OC(C(F)(F)F)C(F)(F)F. The first-order chi connectivity index (χ1) is 8.07. The summed E-state index contributed by atoms with van der Waals surface area (Å²) < 4.78 is 77.3. The van der Waals surface area contributed by atoms with Crippen molar-refractivity contribution in [2.45, 2.75) is 43.4 Å². The van der Waals surface area contributed by atoms with Gasteiger partial charge in [0, 0.05) is 6.04 Å². The standard InChI is InChI=1S/C9H13F6NO2/c10-8(11,12)7(9(13,14)15)18-5(3-17)6(16)4-1-2-4/h4-7,17H,1-3,16H2. The van der Waals surface area contributed by atoms with Gasteiger partial charge in [-0.25, -0.2) is 0 Å². The van der Waals surface area contributed by atoms with Crippen LogP contribution < -0.4 is 5.73 Å². The number of hydrogen-bond donors (Lipinski definition) is 2. The van der Waals surface area contributed by atoms with Gasteiger partial charge in [0.05, 0.1) is 12.7 Å². The van der Waals surface area contributed by atoms with E-state index >= 15 is 0 Å². The molecular formula is C9H13F6NO2. The van der Waals surface area contributed by atoms with Gasteiger partial charge < -0.3 is 15.6 Å². The molecule has 0 aromatic heterocycles. The minimum absolute atomic E-state index is 0.190. The van der Waals surface area contributed by atoms with Gasteiger partial charge in [0.15, 0.2) is 0 Å². The predicted molar refractivity (Wildman–Crippen MR) is 48.6 cm³/mol. The summed E-state index contributed by atoms with van der Waals surface area (Å²) in [6, 6.07) is -1.03. The van der Waals surface area contributed by atoms with E-state index in [0.29, 0.717) is 12.8 Å². The summed E-state index contributed by atoms with van der Waals surface area (Å²) in [6.07, 6.45) is -15.5. The predicted octanol–water partition coefficient (Wildman–Crippen LogP) is 1.59. The van der Waals surface area contributed by atoms with E-state index in [1.165, 1.54) is 0 Å². The first-order valence-corrected chi connectivity index (χ1v) is 5.22. The third kappa shape index (κ3) is 3.99. The van der Waals surface area contributed by atoms with E-state index in [9.17, 15) is 26.3 Å². The molecule has 0 saturated heterocycles. The van der Waals surface area contributed by atoms with Crippen molar-refractivity contribution < 1.29 is 36.2 Å². The van der Waals surface area contributed by atoms with Crippen molar-refractivity contribution in [2.24, 2.45) is 11.7 Å². The molecule has 0 radical (unpaired) electrons. The zero-order valence-electron chi connectivity index (χ0n) is 9.13. The first kappa shape index (κ1) is 15.5. The summed E-state index contributed by atoms with van der Waals surface area (Å²) >= 11 is 0. The minimum Gasteiger partial charge on any atom is -0.394 e. The van der Waals surface area contributed by atoms with Crippen LogP contribution in [0.3, 0.4) is 0 Å². The smallest absolute Gasteiger partial charge is 0.394 e. The quantitative estimate of drug-likeness (QED) is 0.752. The molecule has 3 N–H and O–H groups in total. The molecule has 0 amide bonds. The Labute approximate surface area is 98.9 Å². The number of ether oxygens (including phenoxy) is 1. The Morgan fingerprint density at radius 3 is 1.83 bits per heavy atom. The summed E-state index contributed by atoms with van der Waals surface area (Å²) in [6.45, 7) is -0.986. The zero-order valence-corrected chi connectivity index (χ0v) is 9.13. The summed E-state index contributed by atoms with van der Waals surface area (Å²) in [5, 5.41) is 8.81. The van der Waals surface area contributed by atoms with Crippen LogP contribution in [0.4, 0.5) is 26.3 Å². The van der Waals surface area contributed by atoms with Gasteiger partial charge in [-0.3, -0.25) is 0 Å². The number of aliphatic hydroxyl groups is 1. The minimum atomic E-state index is -5.59. The summed E-state index contributed by atoms with van der Waals surface area (Å²) in [7, 11) is 0. The molecule has 0 aromatic carbocycles. The monoisotopic (exact) mass is 281 g/mol. The van der Waals surface area contributed by atoms with Crippen molar-refractivity contribution in [3.63, 3.8) is 0 Å². The van der Waals surface area contributed by atoms with Crippen LogP contribution in [0, 0.1) is 5.92 Å². The van der Waals surface area contributed by atoms with Crippen molar-refractivity contribution in [3.05, 3.63) is 0 Å². The average molecular weight is 281 g/mol. The lowest BCUT2D eigenvalue weighted by molar-refractivity contribution is -0.333. The second-order valence-electron chi connectivity index (χ2n) is 4.24. The second-order valence-corrected chi connectivity index (χ2v) is 4.24. The van der Waals surface area contributed by atoms with Gasteiger partial charge in [-0.15, -0.1) is 0 Å². The van der Waals surface area contributed by atoms with E-state index in [1.54, 1.807) is 0 Å². The summed E-state index contributed by atoms with van der Waals surface area (Å²) in [4.78, 5) is 0. The second kappa shape index (κ2) is 5.22. The van der Waals surface area contributed by atoms with E-state index in [-0.39, 0.29) is 5.92 Å². The van der Waals surface area contributed by atoms with Crippen LogP contribution in [-0.2, 0) is 4.74 Å². The fourth-order valence-electron chi connectivity index (χ4n) is 1.55. The number of aliphatic hydroxyl groups excluding tert-OH is 1. The average Bonchev–Trinajstić information content (AvgIpc) is 2.97. The van der Waals surface area contributed by atoms with Crippen molar-refractivity contribution in [1.82, 2.24) is 0 Å². The highest BCUT2D eigenvalue weighted by atomic mass is 19.4. The topological polar surface area (TPSA) is 55.5 Å². The van der Waals surface area contributed by atoms with Gasteiger partial charge in [-0.2, -0.15) is 26.3 Å². The highest BCUT2D eigenvalue weighted by molar-refractivity contribution is 4.91. The number of nitrogens with two attached hydrogens (primary N) is 1. The highest BCUT2D eigenvalue weighted by Gasteiger charge is 2.59. The number of halogens is 6. The van der Waals surface area contributed by atoms with Gasteiger partial charge in [-0.1, -0.05) is 0 Å². The van der Waals surface area contributed by atoms with E-state index in [1.807, 2.05) is 0 Å². The lowest BCUT2D eigenvalue weighted by Gasteiger charge is -2.30. The molecule has 1 fully saturated rings. The Morgan fingerprint density at radius 1 is 1.11 bits per heavy atom. The molecule has 1 saturated carbocycles. The number of hydrogen-bond acceptors (Lipinski definition) is 3. The Morgan fingerprint density at radius 2 is 1.56 bits per heavy atom. The van der Waals surface area contributed by atoms with Crippen LogP contribution >= 0.6 is 0 Å². The Hall–Kier alpha value is -0.540. The van der Waals surface area contributed by atoms with Gasteiger partial charge in [0.25, 0.3) is 0 Å². The number of alkyl halides is 6. The van der Waals surface area contributed by atoms with Crippen LogP contribution in [0.25, 0.3) is 0 Å². The van der Waals surface area contributed by atoms with Crippen molar-refractivity contribution in [2.75, 3.05) is 6.61 Å². The summed E-state index contributed by atoms with van der Waals surface area (Å²) in [5.74, 6) is -0.190. The maximum Gasteiger partial charge on any atom is 0.423 e. The van der Waals surface area contributed by atoms with E-state index in [0.717, 1.165) is 0 Å². The maximum atomic E-state index is 12.2. The third-order valence-electron chi connectivity index (χ3n) is 2.68. The molecule has 0 aromatic rings. The number of rotatable bonds is 5. The molecule has 1 rings (SSSR count). The molecule has 1 aliphatic rings. The molecule has 3 nitrogen and oxygen atoms in total. The van der Waals surface area contributed by atoms with E-state index in [2.05, 4.69) is 4.74 Å². The van der Waals surface area contributed by atoms with Crippen molar-refractivity contribution in [3.8, 4) is 0 Å². The zero-order chi connectivity index (χ0) is 14.1.